The van der Waals surface area contributed by atoms with Crippen LogP contribution in [0.2, 0.25) is 5.02 Å². The number of rotatable bonds is 6. The van der Waals surface area contributed by atoms with Crippen molar-refractivity contribution in [2.45, 2.75) is 17.9 Å². The molecular weight excluding hydrogens is 374 g/mol. The lowest BCUT2D eigenvalue weighted by Gasteiger charge is -2.01. The lowest BCUT2D eigenvalue weighted by Crippen LogP contribution is -1.93. The van der Waals surface area contributed by atoms with Crippen molar-refractivity contribution in [2.75, 3.05) is 6.79 Å². The highest BCUT2D eigenvalue weighted by Gasteiger charge is 2.14. The summed E-state index contributed by atoms with van der Waals surface area (Å²) in [5.41, 5.74) is 3.61. The number of nitrogens with zero attached hydrogens (tertiary/aromatic N) is 1. The van der Waals surface area contributed by atoms with Gasteiger partial charge in [0.1, 0.15) is 0 Å². The first kappa shape index (κ1) is 16.8. The summed E-state index contributed by atoms with van der Waals surface area (Å²) in [7, 11) is 0. The quantitative estimate of drug-likeness (QED) is 0.553. The summed E-state index contributed by atoms with van der Waals surface area (Å²) in [5.74, 6) is 3.53. The van der Waals surface area contributed by atoms with Crippen molar-refractivity contribution in [1.82, 2.24) is 4.98 Å². The van der Waals surface area contributed by atoms with Crippen molar-refractivity contribution in [3.05, 3.63) is 74.7 Å². The second-order valence-electron chi connectivity index (χ2n) is 5.72. The summed E-state index contributed by atoms with van der Waals surface area (Å²) < 4.78 is 10.8. The molecular formula is C19H16ClNO2S2. The van der Waals surface area contributed by atoms with Crippen LogP contribution in [-0.4, -0.2) is 11.8 Å². The fraction of sp³-hybridized carbons (Fsp3) is 0.211. The Hall–Kier alpha value is -1.69. The molecule has 128 valence electrons. The molecule has 2 aromatic carbocycles. The molecule has 0 atom stereocenters. The maximum absolute atomic E-state index is 5.91. The van der Waals surface area contributed by atoms with Crippen LogP contribution in [0.25, 0.3) is 0 Å². The molecule has 1 aliphatic heterocycles. The summed E-state index contributed by atoms with van der Waals surface area (Å²) >= 11 is 9.49. The van der Waals surface area contributed by atoms with E-state index < -0.39 is 0 Å². The lowest BCUT2D eigenvalue weighted by atomic mass is 10.1. The van der Waals surface area contributed by atoms with Gasteiger partial charge in [0.05, 0.1) is 10.7 Å². The highest BCUT2D eigenvalue weighted by atomic mass is 35.5. The molecule has 1 aliphatic rings. The van der Waals surface area contributed by atoms with Gasteiger partial charge in [0.2, 0.25) is 6.79 Å². The van der Waals surface area contributed by atoms with Gasteiger partial charge in [-0.05, 0) is 35.4 Å². The van der Waals surface area contributed by atoms with E-state index in [4.69, 9.17) is 26.1 Å². The van der Waals surface area contributed by atoms with Gasteiger partial charge >= 0.3 is 0 Å². The van der Waals surface area contributed by atoms with Crippen LogP contribution in [0.15, 0.2) is 47.8 Å². The molecule has 0 amide bonds. The molecule has 0 bridgehead atoms. The monoisotopic (exact) mass is 389 g/mol. The Bertz CT molecular complexity index is 864. The molecule has 3 nitrogen and oxygen atoms in total. The Morgan fingerprint density at radius 3 is 2.68 bits per heavy atom. The van der Waals surface area contributed by atoms with Crippen LogP contribution < -0.4 is 9.47 Å². The van der Waals surface area contributed by atoms with Crippen molar-refractivity contribution in [2.24, 2.45) is 0 Å². The Morgan fingerprint density at radius 2 is 1.80 bits per heavy atom. The third kappa shape index (κ3) is 4.29. The number of aromatic nitrogens is 1. The minimum Gasteiger partial charge on any atom is -0.454 e. The minimum atomic E-state index is 0.311. The molecule has 0 unspecified atom stereocenters. The fourth-order valence-electron chi connectivity index (χ4n) is 2.58. The molecule has 0 saturated carbocycles. The summed E-state index contributed by atoms with van der Waals surface area (Å²) in [6.07, 6.45) is 0.823. The Balaban J connectivity index is 1.32. The number of hydrogen-bond donors (Lipinski definition) is 0. The zero-order valence-electron chi connectivity index (χ0n) is 13.4. The number of thiazole rings is 1. The summed E-state index contributed by atoms with van der Waals surface area (Å²) in [6, 6.07) is 14.1. The van der Waals surface area contributed by atoms with E-state index in [1.54, 1.807) is 11.3 Å². The van der Waals surface area contributed by atoms with Gasteiger partial charge in [-0.15, -0.1) is 11.3 Å². The van der Waals surface area contributed by atoms with Gasteiger partial charge in [-0.3, -0.25) is 0 Å². The number of fused-ring (bicyclic) bond motifs is 1. The molecule has 1 aromatic heterocycles. The third-order valence-corrected chi connectivity index (χ3v) is 6.01. The third-order valence-electron chi connectivity index (χ3n) is 3.82. The van der Waals surface area contributed by atoms with Gasteiger partial charge in [0.25, 0.3) is 0 Å². The highest BCUT2D eigenvalue weighted by molar-refractivity contribution is 7.97. The first-order valence-corrected chi connectivity index (χ1v) is 10.3. The van der Waals surface area contributed by atoms with Gasteiger partial charge in [-0.1, -0.05) is 29.8 Å². The zero-order chi connectivity index (χ0) is 17.1. The van der Waals surface area contributed by atoms with Gasteiger partial charge in [-0.2, -0.15) is 11.8 Å². The first-order chi connectivity index (χ1) is 12.3. The number of halogens is 1. The Kier molecular flexibility index (Phi) is 5.15. The van der Waals surface area contributed by atoms with Crippen LogP contribution in [0.5, 0.6) is 11.5 Å². The molecule has 3 aromatic rings. The van der Waals surface area contributed by atoms with Gasteiger partial charge in [0.15, 0.2) is 11.5 Å². The fourth-order valence-corrected chi connectivity index (χ4v) is 4.52. The molecule has 4 rings (SSSR count). The lowest BCUT2D eigenvalue weighted by molar-refractivity contribution is 0.174. The molecule has 0 saturated heterocycles. The van der Waals surface area contributed by atoms with Crippen molar-refractivity contribution in [3.63, 3.8) is 0 Å². The predicted molar refractivity (Wildman–Crippen MR) is 104 cm³/mol. The Morgan fingerprint density at radius 1 is 1.00 bits per heavy atom. The normalized spacial score (nSPS) is 12.5. The molecule has 0 aliphatic carbocycles. The standard InChI is InChI=1S/C19H16ClNO2S2/c20-15-4-1-13(2-5-15)9-24-10-16-11-25-19(21-16)8-14-3-6-17-18(7-14)23-12-22-17/h1-7,11H,8-10,12H2. The van der Waals surface area contributed by atoms with Crippen LogP contribution in [-0.2, 0) is 17.9 Å². The van der Waals surface area contributed by atoms with E-state index in [-0.39, 0.29) is 0 Å². The Labute approximate surface area is 160 Å². The maximum Gasteiger partial charge on any atom is 0.231 e. The average Bonchev–Trinajstić information content (AvgIpc) is 3.26. The van der Waals surface area contributed by atoms with Crippen LogP contribution >= 0.6 is 34.7 Å². The van der Waals surface area contributed by atoms with E-state index in [1.807, 2.05) is 36.0 Å². The van der Waals surface area contributed by atoms with Crippen molar-refractivity contribution in [1.29, 1.82) is 0 Å². The molecule has 0 N–H and O–H groups in total. The summed E-state index contributed by atoms with van der Waals surface area (Å²) in [5, 5.41) is 4.05. The van der Waals surface area contributed by atoms with E-state index in [0.29, 0.717) is 6.79 Å². The number of benzene rings is 2. The van der Waals surface area contributed by atoms with Gasteiger partial charge in [-0.25, -0.2) is 4.98 Å². The molecule has 2 heterocycles. The van der Waals surface area contributed by atoms with Crippen molar-refractivity contribution >= 4 is 34.7 Å². The molecule has 25 heavy (non-hydrogen) atoms. The second-order valence-corrected chi connectivity index (χ2v) is 8.08. The first-order valence-electron chi connectivity index (χ1n) is 7.90. The van der Waals surface area contributed by atoms with Crippen LogP contribution in [0.1, 0.15) is 21.8 Å². The largest absolute Gasteiger partial charge is 0.454 e. The molecule has 0 spiro atoms. The van der Waals surface area contributed by atoms with Crippen molar-refractivity contribution in [3.8, 4) is 11.5 Å². The molecule has 0 fully saturated rings. The average molecular weight is 390 g/mol. The smallest absolute Gasteiger partial charge is 0.231 e. The maximum atomic E-state index is 5.91. The number of thioether (sulfide) groups is 1. The highest BCUT2D eigenvalue weighted by Crippen LogP contribution is 2.33. The van der Waals surface area contributed by atoms with Gasteiger partial charge < -0.3 is 9.47 Å². The predicted octanol–water partition coefficient (Wildman–Crippen LogP) is 5.55. The summed E-state index contributed by atoms with van der Waals surface area (Å²) in [4.78, 5) is 4.75. The van der Waals surface area contributed by atoms with Crippen LogP contribution in [0.4, 0.5) is 0 Å². The number of hydrogen-bond acceptors (Lipinski definition) is 5. The van der Waals surface area contributed by atoms with E-state index in [1.165, 1.54) is 11.1 Å². The van der Waals surface area contributed by atoms with E-state index >= 15 is 0 Å². The van der Waals surface area contributed by atoms with Crippen LogP contribution in [0.3, 0.4) is 0 Å². The van der Waals surface area contributed by atoms with Crippen LogP contribution in [0, 0.1) is 0 Å². The zero-order valence-corrected chi connectivity index (χ0v) is 15.8. The van der Waals surface area contributed by atoms with E-state index in [0.717, 1.165) is 45.1 Å². The SMILES string of the molecule is Clc1ccc(CSCc2csc(Cc3ccc4c(c3)OCO4)n2)cc1. The molecule has 6 heteroatoms. The minimum absolute atomic E-state index is 0.311. The van der Waals surface area contributed by atoms with Crippen molar-refractivity contribution < 1.29 is 9.47 Å². The summed E-state index contributed by atoms with van der Waals surface area (Å²) in [6.45, 7) is 0.311. The number of ether oxygens (including phenoxy) is 2. The van der Waals surface area contributed by atoms with E-state index in [2.05, 4.69) is 23.6 Å². The van der Waals surface area contributed by atoms with E-state index in [9.17, 15) is 0 Å². The second kappa shape index (κ2) is 7.68. The molecule has 0 radical (unpaired) electrons. The topological polar surface area (TPSA) is 31.4 Å². The van der Waals surface area contributed by atoms with Gasteiger partial charge in [0, 0.05) is 28.3 Å².